The van der Waals surface area contributed by atoms with Gasteiger partial charge in [0.05, 0.1) is 18.3 Å². The number of nitrogens with zero attached hydrogens (tertiary/aromatic N) is 4. The molecule has 3 rings (SSSR count). The van der Waals surface area contributed by atoms with Crippen molar-refractivity contribution < 1.29 is 57.2 Å². The molecule has 0 aliphatic heterocycles. The molecule has 0 radical (unpaired) electrons. The number of thiazole rings is 1. The Morgan fingerprint density at radius 2 is 1.70 bits per heavy atom. The zero-order valence-electron chi connectivity index (χ0n) is 29.2. The molecule has 17 nitrogen and oxygen atoms in total. The quantitative estimate of drug-likeness (QED) is 0.0547. The van der Waals surface area contributed by atoms with Crippen LogP contribution in [0.3, 0.4) is 0 Å². The van der Waals surface area contributed by atoms with Crippen molar-refractivity contribution in [2.75, 3.05) is 25.6 Å². The van der Waals surface area contributed by atoms with E-state index in [0.717, 1.165) is 29.6 Å². The number of benzene rings is 1. The van der Waals surface area contributed by atoms with Gasteiger partial charge in [-0.05, 0) is 65.7 Å². The summed E-state index contributed by atoms with van der Waals surface area (Å²) in [6.45, 7) is 11.0. The highest BCUT2D eigenvalue weighted by Crippen LogP contribution is 2.47. The number of hydrogen-bond donors (Lipinski definition) is 4. The maximum Gasteiger partial charge on any atom is 0.413 e. The van der Waals surface area contributed by atoms with Crippen LogP contribution in [-0.4, -0.2) is 80.8 Å². The molecule has 1 aromatic carbocycles. The first-order chi connectivity index (χ1) is 23.3. The van der Waals surface area contributed by atoms with E-state index in [1.165, 1.54) is 5.38 Å². The van der Waals surface area contributed by atoms with Crippen LogP contribution in [0.15, 0.2) is 47.2 Å². The number of amides is 2. The highest BCUT2D eigenvalue weighted by atomic mass is 32.1. The number of carboxylic acids is 1. The van der Waals surface area contributed by atoms with Crippen LogP contribution in [0.4, 0.5) is 14.7 Å². The SMILES string of the molecule is COP(=O)(O)C(COc1ccc(-c2cn(CCCNC(=O)OC(C)(C)C)[n+](C)c2)cc1)O/N=C(\C(=O)O)c1csc(NC(=O)OC(C)(C)C)n1. The molecule has 0 fully saturated rings. The van der Waals surface area contributed by atoms with Crippen LogP contribution >= 0.6 is 18.9 Å². The smallest absolute Gasteiger partial charge is 0.413 e. The molecular weight excluding hydrogens is 695 g/mol. The molecule has 0 aliphatic rings. The summed E-state index contributed by atoms with van der Waals surface area (Å²) in [7, 11) is -1.60. The van der Waals surface area contributed by atoms with Gasteiger partial charge >= 0.3 is 25.8 Å². The van der Waals surface area contributed by atoms with Gasteiger partial charge in [-0.1, -0.05) is 17.3 Å². The highest BCUT2D eigenvalue weighted by Gasteiger charge is 2.36. The number of aromatic nitrogens is 3. The van der Waals surface area contributed by atoms with Crippen molar-refractivity contribution in [1.82, 2.24) is 15.0 Å². The third kappa shape index (κ3) is 12.7. The number of hydrogen-bond acceptors (Lipinski definition) is 12. The number of oxime groups is 1. The van der Waals surface area contributed by atoms with Gasteiger partial charge in [0.1, 0.15) is 29.3 Å². The molecule has 50 heavy (non-hydrogen) atoms. The summed E-state index contributed by atoms with van der Waals surface area (Å²) in [6.07, 6.45) is 3.34. The maximum absolute atomic E-state index is 12.7. The summed E-state index contributed by atoms with van der Waals surface area (Å²) in [4.78, 5) is 55.4. The van der Waals surface area contributed by atoms with E-state index in [9.17, 15) is 28.9 Å². The normalized spacial score (nSPS) is 13.9. The van der Waals surface area contributed by atoms with Crippen LogP contribution in [0, 0.1) is 0 Å². The molecule has 3 aromatic rings. The van der Waals surface area contributed by atoms with Crippen molar-refractivity contribution in [3.05, 3.63) is 47.7 Å². The Kier molecular flexibility index (Phi) is 13.5. The minimum absolute atomic E-state index is 0.0363. The first kappa shape index (κ1) is 39.9. The van der Waals surface area contributed by atoms with Crippen molar-refractivity contribution in [3.8, 4) is 16.9 Å². The maximum atomic E-state index is 12.7. The number of carboxylic acid groups (broad SMARTS) is 1. The number of rotatable bonds is 15. The Labute approximate surface area is 293 Å². The fourth-order valence-electron chi connectivity index (χ4n) is 4.03. The first-order valence-corrected chi connectivity index (χ1v) is 17.9. The fraction of sp³-hybridized carbons (Fsp3) is 0.484. The lowest BCUT2D eigenvalue weighted by molar-refractivity contribution is -0.753. The zero-order chi connectivity index (χ0) is 37.3. The molecule has 0 saturated carbocycles. The van der Waals surface area contributed by atoms with Crippen LogP contribution in [0.1, 0.15) is 53.7 Å². The molecule has 0 bridgehead atoms. The fourth-order valence-corrected chi connectivity index (χ4v) is 5.38. The van der Waals surface area contributed by atoms with Crippen molar-refractivity contribution in [1.29, 1.82) is 0 Å². The Morgan fingerprint density at radius 1 is 1.06 bits per heavy atom. The Bertz CT molecular complexity index is 1710. The topological polar surface area (TPSA) is 213 Å². The molecule has 2 heterocycles. The van der Waals surface area contributed by atoms with Gasteiger partial charge in [-0.3, -0.25) is 9.88 Å². The Balaban J connectivity index is 1.63. The van der Waals surface area contributed by atoms with Crippen molar-refractivity contribution in [2.45, 2.75) is 71.6 Å². The molecule has 2 amide bonds. The number of alkyl carbamates (subject to hydrolysis) is 1. The molecule has 0 saturated heterocycles. The van der Waals surface area contributed by atoms with Crippen LogP contribution < -0.4 is 20.1 Å². The molecule has 0 spiro atoms. The van der Waals surface area contributed by atoms with E-state index >= 15 is 0 Å². The van der Waals surface area contributed by atoms with Crippen molar-refractivity contribution in [2.24, 2.45) is 12.2 Å². The second-order valence-corrected chi connectivity index (χ2v) is 15.7. The Hall–Kier alpha value is -4.51. The van der Waals surface area contributed by atoms with Gasteiger partial charge in [-0.2, -0.15) is 4.68 Å². The van der Waals surface area contributed by atoms with Gasteiger partial charge in [0.25, 0.3) is 5.85 Å². The number of carbonyl (C=O) groups is 3. The molecular formula is C31H44N6O11PS+. The summed E-state index contributed by atoms with van der Waals surface area (Å²) in [6, 6.07) is 6.92. The monoisotopic (exact) mass is 739 g/mol. The number of nitrogens with one attached hydrogen (secondary N) is 2. The third-order valence-corrected chi connectivity index (χ3v) is 8.53. The van der Waals surface area contributed by atoms with E-state index in [1.54, 1.807) is 65.8 Å². The van der Waals surface area contributed by atoms with Gasteiger partial charge in [0.15, 0.2) is 12.2 Å². The third-order valence-electron chi connectivity index (χ3n) is 6.28. The molecule has 19 heteroatoms. The summed E-state index contributed by atoms with van der Waals surface area (Å²) in [5.74, 6) is -2.92. The van der Waals surface area contributed by atoms with E-state index in [-0.39, 0.29) is 10.8 Å². The minimum Gasteiger partial charge on any atom is -0.489 e. The van der Waals surface area contributed by atoms with Gasteiger partial charge in [-0.25, -0.2) is 19.4 Å². The van der Waals surface area contributed by atoms with Crippen LogP contribution in [0.2, 0.25) is 0 Å². The van der Waals surface area contributed by atoms with Gasteiger partial charge in [-0.15, -0.1) is 16.0 Å². The van der Waals surface area contributed by atoms with Gasteiger partial charge in [0.2, 0.25) is 11.9 Å². The van der Waals surface area contributed by atoms with Crippen LogP contribution in [-0.2, 0) is 41.8 Å². The van der Waals surface area contributed by atoms with E-state index in [1.807, 2.05) is 28.8 Å². The molecule has 4 N–H and O–H groups in total. The minimum atomic E-state index is -4.49. The molecule has 2 atom stereocenters. The van der Waals surface area contributed by atoms with Crippen LogP contribution in [0.5, 0.6) is 5.75 Å². The lowest BCUT2D eigenvalue weighted by Gasteiger charge is -2.20. The second-order valence-electron chi connectivity index (χ2n) is 12.8. The Morgan fingerprint density at radius 3 is 2.30 bits per heavy atom. The average molecular weight is 740 g/mol. The van der Waals surface area contributed by atoms with Gasteiger partial charge < -0.3 is 38.9 Å². The number of anilines is 1. The summed E-state index contributed by atoms with van der Waals surface area (Å²) < 4.78 is 37.5. The van der Waals surface area contributed by atoms with E-state index in [2.05, 4.69) is 20.8 Å². The summed E-state index contributed by atoms with van der Waals surface area (Å²) >= 11 is 0.913. The van der Waals surface area contributed by atoms with E-state index in [0.29, 0.717) is 25.3 Å². The lowest BCUT2D eigenvalue weighted by Crippen LogP contribution is -2.39. The molecule has 2 unspecified atom stereocenters. The largest absolute Gasteiger partial charge is 0.489 e. The second kappa shape index (κ2) is 16.9. The highest BCUT2D eigenvalue weighted by molar-refractivity contribution is 7.53. The number of ether oxygens (including phenoxy) is 3. The predicted molar refractivity (Wildman–Crippen MR) is 183 cm³/mol. The predicted octanol–water partition coefficient (Wildman–Crippen LogP) is 4.74. The summed E-state index contributed by atoms with van der Waals surface area (Å²) in [5.41, 5.74) is -0.401. The molecule has 2 aromatic heterocycles. The van der Waals surface area contributed by atoms with Gasteiger partial charge in [0, 0.05) is 19.0 Å². The first-order valence-electron chi connectivity index (χ1n) is 15.3. The number of carbonyl (C=O) groups excluding carboxylic acids is 2. The number of aryl methyl sites for hydroxylation is 2. The van der Waals surface area contributed by atoms with Crippen molar-refractivity contribution in [3.63, 3.8) is 0 Å². The van der Waals surface area contributed by atoms with Crippen molar-refractivity contribution >= 4 is 47.9 Å². The zero-order valence-corrected chi connectivity index (χ0v) is 30.9. The number of aliphatic carboxylic acids is 1. The standard InChI is InChI=1S/C31H43N6O11PS/c1-30(2,3)46-28(40)32-14-9-15-37-17-21(16-36(37)7)20-10-12-22(13-11-20)45-18-24(49(42,43)44-8)48-35-25(26(38)39)23-19-50-27(33-23)34-29(41)47-31(4,5)6/h10-13,16-17,19,24H,9,14-15,18H2,1-8H3,(H3-,32,33,34,38,39,40,41,42,43)/p+1/b35-25-. The molecule has 274 valence electrons. The van der Waals surface area contributed by atoms with E-state index in [4.69, 9.17) is 23.6 Å². The van der Waals surface area contributed by atoms with E-state index < -0.39 is 55.1 Å². The molecule has 0 aliphatic carbocycles. The average Bonchev–Trinajstić information content (AvgIpc) is 3.61. The van der Waals surface area contributed by atoms with Crippen LogP contribution in [0.25, 0.3) is 11.1 Å². The summed E-state index contributed by atoms with van der Waals surface area (Å²) in [5, 5.41) is 19.8. The lowest BCUT2D eigenvalue weighted by atomic mass is 10.1.